The minimum absolute atomic E-state index is 0.00305. The first-order valence-electron chi connectivity index (χ1n) is 18.8. The number of H-pyrrole nitrogens is 1. The molecule has 0 fully saturated rings. The van der Waals surface area contributed by atoms with Crippen molar-refractivity contribution in [3.8, 4) is 0 Å². The molecule has 1 amide bonds. The fraction of sp³-hybridized carbons (Fsp3) is 0.156. The van der Waals surface area contributed by atoms with E-state index in [2.05, 4.69) is 20.3 Å². The molecule has 0 aliphatic rings. The minimum Gasteiger partial charge on any atom is -0.336 e. The van der Waals surface area contributed by atoms with Crippen molar-refractivity contribution >= 4 is 22.8 Å². The van der Waals surface area contributed by atoms with E-state index in [1.165, 1.54) is 10.6 Å². The number of hydrogen-bond donors (Lipinski definition) is 2. The van der Waals surface area contributed by atoms with Gasteiger partial charge in [-0.1, -0.05) is 135 Å². The molecule has 0 saturated carbocycles. The van der Waals surface area contributed by atoms with Gasteiger partial charge in [0.2, 0.25) is 5.82 Å². The third kappa shape index (κ3) is 7.08. The third-order valence-electron chi connectivity index (χ3n) is 10.1. The summed E-state index contributed by atoms with van der Waals surface area (Å²) in [7, 11) is 0. The lowest BCUT2D eigenvalue weighted by Gasteiger charge is -2.35. The maximum atomic E-state index is 14.5. The minimum atomic E-state index is -0.912. The van der Waals surface area contributed by atoms with Crippen LogP contribution in [0.25, 0.3) is 11.2 Å². The number of benzene rings is 5. The van der Waals surface area contributed by atoms with Crippen molar-refractivity contribution in [2.75, 3.05) is 5.32 Å². The van der Waals surface area contributed by atoms with E-state index in [0.29, 0.717) is 30.9 Å². The zero-order valence-corrected chi connectivity index (χ0v) is 31.2. The highest BCUT2D eigenvalue weighted by molar-refractivity contribution is 6.01. The Hall–Kier alpha value is -7.21. The standard InChI is InChI=1S/C45H39FN8O3/c1-2-3-27-52-41-39(43(56)53(44(52)57)29-32-15-13-14-22-37(32)46)49-38(50-41)28-31-23-25-36(26-24-31)48-42(55)40-47-30-54(51-40)45(33-16-7-4-8-17-33,34-18-9-5-10-19-34)35-20-11-6-12-21-35/h4-26,30H,2-3,27-29H2,1H3,(H,48,55)(H,49,50). The van der Waals surface area contributed by atoms with Crippen LogP contribution in [0.4, 0.5) is 10.1 Å². The largest absolute Gasteiger partial charge is 0.336 e. The molecular formula is C45H39FN8O3. The van der Waals surface area contributed by atoms with Gasteiger partial charge in [0.15, 0.2) is 5.65 Å². The summed E-state index contributed by atoms with van der Waals surface area (Å²) in [6, 6.07) is 43.4. The van der Waals surface area contributed by atoms with Crippen LogP contribution in [-0.4, -0.2) is 39.8 Å². The summed E-state index contributed by atoms with van der Waals surface area (Å²) >= 11 is 0. The summed E-state index contributed by atoms with van der Waals surface area (Å²) in [5.41, 5.74) is 2.94. The number of nitrogens with zero attached hydrogens (tertiary/aromatic N) is 6. The Morgan fingerprint density at radius 1 is 0.772 bits per heavy atom. The van der Waals surface area contributed by atoms with Gasteiger partial charge in [-0.25, -0.2) is 23.8 Å². The number of amides is 1. The van der Waals surface area contributed by atoms with Crippen molar-refractivity contribution in [1.29, 1.82) is 0 Å². The van der Waals surface area contributed by atoms with Crippen LogP contribution < -0.4 is 16.6 Å². The molecule has 0 spiro atoms. The average Bonchev–Trinajstić information content (AvgIpc) is 3.91. The highest BCUT2D eigenvalue weighted by Crippen LogP contribution is 2.40. The zero-order valence-electron chi connectivity index (χ0n) is 31.2. The van der Waals surface area contributed by atoms with Crippen LogP contribution in [-0.2, 0) is 25.0 Å². The molecule has 3 heterocycles. The van der Waals surface area contributed by atoms with Gasteiger partial charge >= 0.3 is 5.69 Å². The normalized spacial score (nSPS) is 11.5. The van der Waals surface area contributed by atoms with Gasteiger partial charge < -0.3 is 10.3 Å². The SMILES string of the molecule is CCCCn1c(=O)n(Cc2ccccc2F)c(=O)c2[nH]c(Cc3ccc(NC(=O)c4ncn(C(c5ccccc5)(c5ccccc5)c5ccccc5)n4)cc3)nc21. The number of imidazole rings is 1. The molecule has 12 heteroatoms. The second-order valence-electron chi connectivity index (χ2n) is 13.8. The smallest absolute Gasteiger partial charge is 0.333 e. The van der Waals surface area contributed by atoms with Crippen molar-refractivity contribution in [3.63, 3.8) is 0 Å². The van der Waals surface area contributed by atoms with Gasteiger partial charge in [-0.3, -0.25) is 18.7 Å². The van der Waals surface area contributed by atoms with E-state index in [1.54, 1.807) is 41.3 Å². The molecule has 284 valence electrons. The highest BCUT2D eigenvalue weighted by atomic mass is 19.1. The Labute approximate surface area is 327 Å². The predicted octanol–water partition coefficient (Wildman–Crippen LogP) is 7.15. The lowest BCUT2D eigenvalue weighted by atomic mass is 9.77. The second-order valence-corrected chi connectivity index (χ2v) is 13.8. The number of rotatable bonds is 13. The molecule has 0 saturated heterocycles. The number of halogens is 1. The summed E-state index contributed by atoms with van der Waals surface area (Å²) in [6.07, 6.45) is 3.44. The van der Waals surface area contributed by atoms with Gasteiger partial charge in [0.25, 0.3) is 11.5 Å². The van der Waals surface area contributed by atoms with E-state index < -0.39 is 28.5 Å². The fourth-order valence-corrected chi connectivity index (χ4v) is 7.30. The third-order valence-corrected chi connectivity index (χ3v) is 10.1. The highest BCUT2D eigenvalue weighted by Gasteiger charge is 2.40. The van der Waals surface area contributed by atoms with Crippen molar-refractivity contribution < 1.29 is 9.18 Å². The number of aromatic nitrogens is 7. The van der Waals surface area contributed by atoms with E-state index in [-0.39, 0.29) is 29.1 Å². The molecule has 0 unspecified atom stereocenters. The lowest BCUT2D eigenvalue weighted by molar-refractivity contribution is 0.101. The Kier molecular flexibility index (Phi) is 10.2. The maximum absolute atomic E-state index is 14.5. The van der Waals surface area contributed by atoms with Crippen LogP contribution in [0.3, 0.4) is 0 Å². The number of unbranched alkanes of at least 4 members (excludes halogenated alkanes) is 1. The van der Waals surface area contributed by atoms with Gasteiger partial charge in [-0.05, 0) is 46.9 Å². The van der Waals surface area contributed by atoms with Crippen LogP contribution in [0.2, 0.25) is 0 Å². The average molecular weight is 759 g/mol. The first kappa shape index (κ1) is 36.8. The van der Waals surface area contributed by atoms with E-state index in [0.717, 1.165) is 33.2 Å². The molecule has 3 aromatic heterocycles. The summed E-state index contributed by atoms with van der Waals surface area (Å²) in [5.74, 6) is -0.474. The maximum Gasteiger partial charge on any atom is 0.333 e. The molecule has 57 heavy (non-hydrogen) atoms. The topological polar surface area (TPSA) is 132 Å². The molecule has 0 radical (unpaired) electrons. The number of aryl methyl sites for hydroxylation is 1. The van der Waals surface area contributed by atoms with Gasteiger partial charge in [-0.15, -0.1) is 5.10 Å². The fourth-order valence-electron chi connectivity index (χ4n) is 7.30. The molecule has 8 aromatic rings. The summed E-state index contributed by atoms with van der Waals surface area (Å²) in [5, 5.41) is 7.70. The van der Waals surface area contributed by atoms with Crippen LogP contribution in [0, 0.1) is 5.82 Å². The van der Waals surface area contributed by atoms with Crippen molar-refractivity contribution in [2.24, 2.45) is 0 Å². The molecule has 8 rings (SSSR count). The van der Waals surface area contributed by atoms with E-state index in [1.807, 2.05) is 110 Å². The Morgan fingerprint density at radius 3 is 1.96 bits per heavy atom. The van der Waals surface area contributed by atoms with Crippen molar-refractivity contribution in [3.05, 3.63) is 212 Å². The number of nitrogens with one attached hydrogen (secondary N) is 2. The Morgan fingerprint density at radius 2 is 1.37 bits per heavy atom. The van der Waals surface area contributed by atoms with Gasteiger partial charge in [0, 0.05) is 24.2 Å². The van der Waals surface area contributed by atoms with Crippen molar-refractivity contribution in [2.45, 2.75) is 44.8 Å². The Bertz CT molecular complexity index is 2680. The lowest BCUT2D eigenvalue weighted by Crippen LogP contribution is -2.40. The molecule has 2 N–H and O–H groups in total. The predicted molar refractivity (Wildman–Crippen MR) is 217 cm³/mol. The van der Waals surface area contributed by atoms with Gasteiger partial charge in [0.1, 0.15) is 29.0 Å². The summed E-state index contributed by atoms with van der Waals surface area (Å²) in [6.45, 7) is 2.18. The molecule has 0 atom stereocenters. The quantitative estimate of drug-likeness (QED) is 0.120. The molecule has 5 aromatic carbocycles. The van der Waals surface area contributed by atoms with E-state index in [4.69, 9.17) is 5.10 Å². The first-order valence-corrected chi connectivity index (χ1v) is 18.8. The van der Waals surface area contributed by atoms with E-state index >= 15 is 0 Å². The summed E-state index contributed by atoms with van der Waals surface area (Å²) < 4.78 is 18.8. The molecule has 11 nitrogen and oxygen atoms in total. The molecule has 0 aliphatic carbocycles. The number of fused-ring (bicyclic) bond motifs is 1. The number of carbonyl (C=O) groups is 1. The van der Waals surface area contributed by atoms with Gasteiger partial charge in [0.05, 0.1) is 6.54 Å². The van der Waals surface area contributed by atoms with Crippen LogP contribution >= 0.6 is 0 Å². The molecular weight excluding hydrogens is 720 g/mol. The van der Waals surface area contributed by atoms with Crippen LogP contribution in [0.5, 0.6) is 0 Å². The van der Waals surface area contributed by atoms with Gasteiger partial charge in [-0.2, -0.15) is 0 Å². The van der Waals surface area contributed by atoms with Crippen LogP contribution in [0.1, 0.15) is 64.0 Å². The summed E-state index contributed by atoms with van der Waals surface area (Å²) in [4.78, 5) is 53.1. The van der Waals surface area contributed by atoms with Crippen molar-refractivity contribution in [1.82, 2.24) is 33.9 Å². The van der Waals surface area contributed by atoms with Crippen LogP contribution in [0.15, 0.2) is 155 Å². The molecule has 0 bridgehead atoms. The number of aromatic amines is 1. The second kappa shape index (κ2) is 15.9. The zero-order chi connectivity index (χ0) is 39.4. The number of hydrogen-bond acceptors (Lipinski definition) is 6. The Balaban J connectivity index is 1.05. The monoisotopic (exact) mass is 758 g/mol. The molecule has 0 aliphatic heterocycles. The number of anilines is 1. The first-order chi connectivity index (χ1) is 27.9. The number of carbonyl (C=O) groups excluding carboxylic acids is 1. The van der Waals surface area contributed by atoms with E-state index in [9.17, 15) is 18.8 Å².